The second-order valence-corrected chi connectivity index (χ2v) is 4.73. The molecule has 21 heavy (non-hydrogen) atoms. The molecule has 0 aromatic heterocycles. The number of carbonyl (C=O) groups is 1. The number of hydrogen-bond acceptors (Lipinski definition) is 4. The Bertz CT molecular complexity index is 455. The molecular weight excluding hydrogens is 275 g/mol. The quantitative estimate of drug-likeness (QED) is 0.673. The Labute approximate surface area is 124 Å². The lowest BCUT2D eigenvalue weighted by molar-refractivity contribution is -0.123. The molecule has 5 nitrogen and oxygen atoms in total. The summed E-state index contributed by atoms with van der Waals surface area (Å²) in [6.07, 6.45) is 1.29. The van der Waals surface area contributed by atoms with Crippen LogP contribution < -0.4 is 15.8 Å². The van der Waals surface area contributed by atoms with Gasteiger partial charge in [-0.3, -0.25) is 4.79 Å². The molecule has 0 aliphatic heterocycles. The molecular formula is C15H23FN2O3. The first-order valence-electron chi connectivity index (χ1n) is 6.99. The molecule has 1 rings (SSSR count). The number of benzene rings is 1. The molecule has 3 N–H and O–H groups in total. The number of nitrogens with two attached hydrogens (primary N) is 1. The van der Waals surface area contributed by atoms with E-state index in [4.69, 9.17) is 15.2 Å². The first-order chi connectivity index (χ1) is 10.1. The molecule has 0 spiro atoms. The standard InChI is InChI=1S/C15H23FN2O3/c1-3-12(17)9-11-5-4-6-13(16)15(11)21-10-14(19)18-7-8-20-2/h4-6,12H,3,7-10,17H2,1-2H3,(H,18,19). The third-order valence-electron chi connectivity index (χ3n) is 3.03. The molecule has 6 heteroatoms. The zero-order chi connectivity index (χ0) is 15.7. The van der Waals surface area contributed by atoms with Crippen LogP contribution in [0.25, 0.3) is 0 Å². The van der Waals surface area contributed by atoms with Crippen LogP contribution in [0.1, 0.15) is 18.9 Å². The molecule has 0 aliphatic carbocycles. The van der Waals surface area contributed by atoms with Crippen molar-refractivity contribution in [3.8, 4) is 5.75 Å². The molecule has 0 heterocycles. The zero-order valence-corrected chi connectivity index (χ0v) is 12.5. The van der Waals surface area contributed by atoms with Crippen molar-refractivity contribution in [2.24, 2.45) is 5.73 Å². The van der Waals surface area contributed by atoms with E-state index in [0.717, 1.165) is 6.42 Å². The monoisotopic (exact) mass is 298 g/mol. The molecule has 0 radical (unpaired) electrons. The molecule has 0 saturated carbocycles. The van der Waals surface area contributed by atoms with Crippen molar-refractivity contribution in [3.63, 3.8) is 0 Å². The average Bonchev–Trinajstić information content (AvgIpc) is 2.46. The third kappa shape index (κ3) is 6.10. The Morgan fingerprint density at radius 3 is 2.90 bits per heavy atom. The number of amides is 1. The molecule has 1 amide bonds. The van der Waals surface area contributed by atoms with E-state index in [0.29, 0.717) is 25.1 Å². The second-order valence-electron chi connectivity index (χ2n) is 4.73. The topological polar surface area (TPSA) is 73.6 Å². The van der Waals surface area contributed by atoms with Crippen LogP contribution in [0, 0.1) is 5.82 Å². The molecule has 1 atom stereocenters. The van der Waals surface area contributed by atoms with E-state index in [2.05, 4.69) is 5.32 Å². The second kappa shape index (κ2) is 9.31. The highest BCUT2D eigenvalue weighted by Gasteiger charge is 2.13. The fourth-order valence-corrected chi connectivity index (χ4v) is 1.78. The molecule has 1 aromatic carbocycles. The Balaban J connectivity index is 2.62. The number of nitrogens with one attached hydrogen (secondary N) is 1. The van der Waals surface area contributed by atoms with Gasteiger partial charge in [0.1, 0.15) is 0 Å². The number of carbonyl (C=O) groups excluding carboxylic acids is 1. The number of methoxy groups -OCH3 is 1. The lowest BCUT2D eigenvalue weighted by atomic mass is 10.0. The normalized spacial score (nSPS) is 12.0. The first-order valence-corrected chi connectivity index (χ1v) is 6.99. The summed E-state index contributed by atoms with van der Waals surface area (Å²) in [5, 5.41) is 2.61. The number of halogens is 1. The highest BCUT2D eigenvalue weighted by molar-refractivity contribution is 5.77. The molecule has 118 valence electrons. The summed E-state index contributed by atoms with van der Waals surface area (Å²) < 4.78 is 24.0. The molecule has 0 bridgehead atoms. The van der Waals surface area contributed by atoms with Crippen molar-refractivity contribution in [1.29, 1.82) is 0 Å². The Morgan fingerprint density at radius 2 is 2.24 bits per heavy atom. The highest BCUT2D eigenvalue weighted by Crippen LogP contribution is 2.24. The zero-order valence-electron chi connectivity index (χ0n) is 12.5. The highest BCUT2D eigenvalue weighted by atomic mass is 19.1. The predicted molar refractivity (Wildman–Crippen MR) is 78.8 cm³/mol. The lowest BCUT2D eigenvalue weighted by Gasteiger charge is -2.15. The molecule has 0 aliphatic rings. The van der Waals surface area contributed by atoms with Crippen LogP contribution in [-0.4, -0.2) is 38.8 Å². The van der Waals surface area contributed by atoms with Crippen molar-refractivity contribution >= 4 is 5.91 Å². The van der Waals surface area contributed by atoms with Gasteiger partial charge in [-0.2, -0.15) is 0 Å². The van der Waals surface area contributed by atoms with Crippen molar-refractivity contribution in [3.05, 3.63) is 29.6 Å². The molecule has 1 aromatic rings. The summed E-state index contributed by atoms with van der Waals surface area (Å²) >= 11 is 0. The van der Waals surface area contributed by atoms with Crippen LogP contribution in [-0.2, 0) is 16.0 Å². The van der Waals surface area contributed by atoms with E-state index in [1.807, 2.05) is 6.92 Å². The van der Waals surface area contributed by atoms with Gasteiger partial charge in [-0.1, -0.05) is 19.1 Å². The van der Waals surface area contributed by atoms with Crippen LogP contribution in [0.2, 0.25) is 0 Å². The summed E-state index contributed by atoms with van der Waals surface area (Å²) in [5.74, 6) is -0.704. The number of rotatable bonds is 9. The van der Waals surface area contributed by atoms with Crippen LogP contribution in [0.5, 0.6) is 5.75 Å². The van der Waals surface area contributed by atoms with Gasteiger partial charge in [0.2, 0.25) is 0 Å². The Hall–Kier alpha value is -1.66. The number of para-hydroxylation sites is 1. The van der Waals surface area contributed by atoms with Gasteiger partial charge in [0.05, 0.1) is 6.61 Å². The van der Waals surface area contributed by atoms with Crippen molar-refractivity contribution in [1.82, 2.24) is 5.32 Å². The van der Waals surface area contributed by atoms with E-state index in [1.54, 1.807) is 19.2 Å². The minimum atomic E-state index is -0.486. The smallest absolute Gasteiger partial charge is 0.258 e. The van der Waals surface area contributed by atoms with E-state index >= 15 is 0 Å². The first kappa shape index (κ1) is 17.4. The molecule has 0 fully saturated rings. The minimum Gasteiger partial charge on any atom is -0.480 e. The molecule has 0 saturated heterocycles. The third-order valence-corrected chi connectivity index (χ3v) is 3.03. The van der Waals surface area contributed by atoms with Gasteiger partial charge in [0, 0.05) is 19.7 Å². The fraction of sp³-hybridized carbons (Fsp3) is 0.533. The fourth-order valence-electron chi connectivity index (χ4n) is 1.78. The maximum absolute atomic E-state index is 13.8. The summed E-state index contributed by atoms with van der Waals surface area (Å²) in [4.78, 5) is 11.6. The maximum Gasteiger partial charge on any atom is 0.258 e. The van der Waals surface area contributed by atoms with Gasteiger partial charge in [-0.05, 0) is 24.5 Å². The summed E-state index contributed by atoms with van der Waals surface area (Å²) in [6, 6.07) is 4.61. The maximum atomic E-state index is 13.8. The van der Waals surface area contributed by atoms with Crippen molar-refractivity contribution in [2.75, 3.05) is 26.9 Å². The van der Waals surface area contributed by atoms with Gasteiger partial charge >= 0.3 is 0 Å². The van der Waals surface area contributed by atoms with Gasteiger partial charge in [0.15, 0.2) is 18.2 Å². The van der Waals surface area contributed by atoms with Crippen LogP contribution in [0.15, 0.2) is 18.2 Å². The number of hydrogen-bond donors (Lipinski definition) is 2. The summed E-state index contributed by atoms with van der Waals surface area (Å²) in [6.45, 7) is 2.54. The van der Waals surface area contributed by atoms with E-state index < -0.39 is 5.82 Å². The van der Waals surface area contributed by atoms with Gasteiger partial charge in [0.25, 0.3) is 5.91 Å². The number of ether oxygens (including phenoxy) is 2. The predicted octanol–water partition coefficient (Wildman–Crippen LogP) is 1.25. The van der Waals surface area contributed by atoms with Gasteiger partial charge in [-0.15, -0.1) is 0 Å². The Morgan fingerprint density at radius 1 is 1.48 bits per heavy atom. The van der Waals surface area contributed by atoms with Gasteiger partial charge in [-0.25, -0.2) is 4.39 Å². The van der Waals surface area contributed by atoms with Crippen molar-refractivity contribution < 1.29 is 18.7 Å². The summed E-state index contributed by atoms with van der Waals surface area (Å²) in [5.41, 5.74) is 6.56. The molecule has 1 unspecified atom stereocenters. The van der Waals surface area contributed by atoms with E-state index in [9.17, 15) is 9.18 Å². The SMILES string of the molecule is CCC(N)Cc1cccc(F)c1OCC(=O)NCCOC. The van der Waals surface area contributed by atoms with Crippen LogP contribution in [0.4, 0.5) is 4.39 Å². The van der Waals surface area contributed by atoms with Crippen LogP contribution >= 0.6 is 0 Å². The largest absolute Gasteiger partial charge is 0.480 e. The van der Waals surface area contributed by atoms with E-state index in [1.165, 1.54) is 6.07 Å². The van der Waals surface area contributed by atoms with Gasteiger partial charge < -0.3 is 20.5 Å². The minimum absolute atomic E-state index is 0.0651. The summed E-state index contributed by atoms with van der Waals surface area (Å²) in [7, 11) is 1.55. The van der Waals surface area contributed by atoms with E-state index in [-0.39, 0.29) is 24.3 Å². The Kier molecular flexibility index (Phi) is 7.71. The van der Waals surface area contributed by atoms with Crippen molar-refractivity contribution in [2.45, 2.75) is 25.8 Å². The van der Waals surface area contributed by atoms with Crippen LogP contribution in [0.3, 0.4) is 0 Å². The average molecular weight is 298 g/mol. The lowest BCUT2D eigenvalue weighted by Crippen LogP contribution is -2.31.